The number of aryl methyl sites for hydroxylation is 1. The molecule has 1 amide bonds. The maximum Gasteiger partial charge on any atom is 0.219 e. The molecular weight excluding hydrogens is 336 g/mol. The Labute approximate surface area is 151 Å². The average Bonchev–Trinajstić information content (AvgIpc) is 3.05. The summed E-state index contributed by atoms with van der Waals surface area (Å²) in [6.45, 7) is 4.32. The van der Waals surface area contributed by atoms with Crippen molar-refractivity contribution in [1.82, 2.24) is 19.4 Å². The highest BCUT2D eigenvalue weighted by Crippen LogP contribution is 2.29. The monoisotopic (exact) mass is 356 g/mol. The van der Waals surface area contributed by atoms with E-state index in [1.165, 1.54) is 0 Å². The van der Waals surface area contributed by atoms with Crippen LogP contribution in [-0.4, -0.2) is 38.4 Å². The molecule has 1 aliphatic heterocycles. The van der Waals surface area contributed by atoms with Crippen molar-refractivity contribution in [3.63, 3.8) is 0 Å². The van der Waals surface area contributed by atoms with Gasteiger partial charge in [-0.3, -0.25) is 4.79 Å². The number of hydrogen-bond donors (Lipinski definition) is 0. The Bertz CT molecular complexity index is 928. The number of amides is 1. The molecule has 6 heteroatoms. The summed E-state index contributed by atoms with van der Waals surface area (Å²) in [6.07, 6.45) is 5.12. The number of nitrogens with zero attached hydrogens (tertiary/aromatic N) is 4. The Morgan fingerprint density at radius 1 is 1.28 bits per heavy atom. The van der Waals surface area contributed by atoms with E-state index in [4.69, 9.17) is 11.6 Å². The van der Waals surface area contributed by atoms with Crippen molar-refractivity contribution in [1.29, 1.82) is 0 Å². The first kappa shape index (κ1) is 16.3. The van der Waals surface area contributed by atoms with Crippen LogP contribution in [0.1, 0.15) is 26.2 Å². The molecular formula is C19H21ClN4O. The number of halogens is 1. The van der Waals surface area contributed by atoms with Crippen molar-refractivity contribution in [3.05, 3.63) is 35.7 Å². The van der Waals surface area contributed by atoms with E-state index in [-0.39, 0.29) is 5.91 Å². The third-order valence-electron chi connectivity index (χ3n) is 5.25. The van der Waals surface area contributed by atoms with Crippen LogP contribution in [0.25, 0.3) is 21.9 Å². The third kappa shape index (κ3) is 3.09. The fourth-order valence-electron chi connectivity index (χ4n) is 3.77. The van der Waals surface area contributed by atoms with Crippen molar-refractivity contribution < 1.29 is 4.79 Å². The zero-order valence-electron chi connectivity index (χ0n) is 14.3. The second-order valence-corrected chi connectivity index (χ2v) is 7.15. The minimum atomic E-state index is 0.188. The van der Waals surface area contributed by atoms with E-state index in [1.54, 1.807) is 6.92 Å². The summed E-state index contributed by atoms with van der Waals surface area (Å²) in [6, 6.07) is 8.05. The van der Waals surface area contributed by atoms with Crippen LogP contribution in [0.3, 0.4) is 0 Å². The third-order valence-corrected chi connectivity index (χ3v) is 5.51. The van der Waals surface area contributed by atoms with Gasteiger partial charge >= 0.3 is 0 Å². The second-order valence-electron chi connectivity index (χ2n) is 6.79. The molecule has 0 N–H and O–H groups in total. The minimum absolute atomic E-state index is 0.188. The molecule has 0 bridgehead atoms. The number of fused-ring (bicyclic) bond motifs is 3. The molecule has 2 aromatic heterocycles. The quantitative estimate of drug-likeness (QED) is 0.669. The van der Waals surface area contributed by atoms with Crippen molar-refractivity contribution in [3.8, 4) is 0 Å². The van der Waals surface area contributed by atoms with Gasteiger partial charge in [-0.1, -0.05) is 29.8 Å². The molecule has 0 unspecified atom stereocenters. The largest absolute Gasteiger partial charge is 0.343 e. The van der Waals surface area contributed by atoms with Crippen LogP contribution in [0, 0.1) is 5.92 Å². The predicted molar refractivity (Wildman–Crippen MR) is 99.6 cm³/mol. The van der Waals surface area contributed by atoms with E-state index >= 15 is 0 Å². The van der Waals surface area contributed by atoms with Crippen molar-refractivity contribution in [2.45, 2.75) is 32.7 Å². The number of imidazole rings is 1. The minimum Gasteiger partial charge on any atom is -0.343 e. The van der Waals surface area contributed by atoms with Crippen molar-refractivity contribution in [2.24, 2.45) is 5.92 Å². The van der Waals surface area contributed by atoms with Crippen molar-refractivity contribution in [2.75, 3.05) is 13.1 Å². The van der Waals surface area contributed by atoms with Crippen LogP contribution >= 0.6 is 11.6 Å². The number of rotatable bonds is 3. The fourth-order valence-corrected chi connectivity index (χ4v) is 4.00. The highest BCUT2D eigenvalue weighted by Gasteiger charge is 2.21. The predicted octanol–water partition coefficient (Wildman–Crippen LogP) is 3.89. The molecule has 0 aliphatic carbocycles. The summed E-state index contributed by atoms with van der Waals surface area (Å²) >= 11 is 6.32. The summed E-state index contributed by atoms with van der Waals surface area (Å²) in [7, 11) is 0. The zero-order chi connectivity index (χ0) is 17.4. The summed E-state index contributed by atoms with van der Waals surface area (Å²) < 4.78 is 2.20. The van der Waals surface area contributed by atoms with Crippen LogP contribution in [0.4, 0.5) is 0 Å². The van der Waals surface area contributed by atoms with E-state index in [9.17, 15) is 4.79 Å². The van der Waals surface area contributed by atoms with Crippen LogP contribution in [0.5, 0.6) is 0 Å². The number of piperidine rings is 1. The number of carbonyl (C=O) groups excluding carboxylic acids is 1. The fraction of sp³-hybridized carbons (Fsp3) is 0.421. The van der Waals surface area contributed by atoms with E-state index < -0.39 is 0 Å². The number of pyridine rings is 1. The number of hydrogen-bond acceptors (Lipinski definition) is 3. The van der Waals surface area contributed by atoms with Gasteiger partial charge in [-0.05, 0) is 31.2 Å². The molecule has 0 spiro atoms. The van der Waals surface area contributed by atoms with Crippen LogP contribution in [-0.2, 0) is 11.3 Å². The molecule has 0 radical (unpaired) electrons. The highest BCUT2D eigenvalue weighted by atomic mass is 35.5. The Balaban J connectivity index is 1.55. The Kier molecular flexibility index (Phi) is 4.34. The van der Waals surface area contributed by atoms with Gasteiger partial charge in [0.05, 0.1) is 17.4 Å². The SMILES string of the molecule is CC(=O)N1CCC(CCn2cnc3c(Cl)nc4ccccc4c32)CC1. The molecule has 0 atom stereocenters. The molecule has 5 nitrogen and oxygen atoms in total. The normalized spacial score (nSPS) is 16.0. The van der Waals surface area contributed by atoms with Crippen LogP contribution in [0.15, 0.2) is 30.6 Å². The number of likely N-dealkylation sites (tertiary alicyclic amines) is 1. The smallest absolute Gasteiger partial charge is 0.219 e. The Morgan fingerprint density at radius 2 is 2.04 bits per heavy atom. The summed E-state index contributed by atoms with van der Waals surface area (Å²) in [5, 5.41) is 1.55. The summed E-state index contributed by atoms with van der Waals surface area (Å²) in [5.41, 5.74) is 2.74. The first-order valence-corrected chi connectivity index (χ1v) is 9.16. The molecule has 4 rings (SSSR count). The lowest BCUT2D eigenvalue weighted by atomic mass is 9.93. The lowest BCUT2D eigenvalue weighted by Crippen LogP contribution is -2.37. The molecule has 1 fully saturated rings. The maximum atomic E-state index is 11.4. The van der Waals surface area contributed by atoms with Gasteiger partial charge in [0.1, 0.15) is 5.52 Å². The second kappa shape index (κ2) is 6.64. The molecule has 1 aliphatic rings. The van der Waals surface area contributed by atoms with E-state index in [0.29, 0.717) is 11.1 Å². The van der Waals surface area contributed by atoms with Gasteiger partial charge in [0.15, 0.2) is 5.15 Å². The van der Waals surface area contributed by atoms with Crippen molar-refractivity contribution >= 4 is 39.4 Å². The van der Waals surface area contributed by atoms with E-state index in [1.807, 2.05) is 29.4 Å². The van der Waals surface area contributed by atoms with Crippen LogP contribution in [0.2, 0.25) is 5.15 Å². The standard InChI is InChI=1S/C19H21ClN4O/c1-13(25)23-9-6-14(7-10-23)8-11-24-12-21-17-18(24)15-4-2-3-5-16(15)22-19(17)20/h2-5,12,14H,6-11H2,1H3. The number of carbonyl (C=O) groups is 1. The molecule has 1 saturated heterocycles. The first-order valence-electron chi connectivity index (χ1n) is 8.78. The van der Waals surface area contributed by atoms with E-state index in [0.717, 1.165) is 60.8 Å². The molecule has 3 aromatic rings. The lowest BCUT2D eigenvalue weighted by Gasteiger charge is -2.31. The maximum absolute atomic E-state index is 11.4. The topological polar surface area (TPSA) is 51.0 Å². The van der Waals surface area contributed by atoms with Gasteiger partial charge in [-0.2, -0.15) is 0 Å². The Hall–Kier alpha value is -2.14. The number of benzene rings is 1. The molecule has 130 valence electrons. The van der Waals surface area contributed by atoms with Gasteiger partial charge in [0, 0.05) is 31.9 Å². The highest BCUT2D eigenvalue weighted by molar-refractivity contribution is 6.35. The molecule has 25 heavy (non-hydrogen) atoms. The lowest BCUT2D eigenvalue weighted by molar-refractivity contribution is -0.130. The van der Waals surface area contributed by atoms with Gasteiger partial charge < -0.3 is 9.47 Å². The molecule has 0 saturated carbocycles. The summed E-state index contributed by atoms with van der Waals surface area (Å²) in [4.78, 5) is 22.3. The van der Waals surface area contributed by atoms with Crippen LogP contribution < -0.4 is 0 Å². The van der Waals surface area contributed by atoms with Gasteiger partial charge in [-0.25, -0.2) is 9.97 Å². The van der Waals surface area contributed by atoms with Gasteiger partial charge in [0.2, 0.25) is 5.91 Å². The van der Waals surface area contributed by atoms with E-state index in [2.05, 4.69) is 20.6 Å². The molecule has 3 heterocycles. The first-order chi connectivity index (χ1) is 12.1. The molecule has 1 aromatic carbocycles. The average molecular weight is 357 g/mol. The summed E-state index contributed by atoms with van der Waals surface area (Å²) in [5.74, 6) is 0.837. The zero-order valence-corrected chi connectivity index (χ0v) is 15.0. The van der Waals surface area contributed by atoms with Gasteiger partial charge in [0.25, 0.3) is 0 Å². The van der Waals surface area contributed by atoms with Gasteiger partial charge in [-0.15, -0.1) is 0 Å². The Morgan fingerprint density at radius 3 is 2.80 bits per heavy atom. The number of aromatic nitrogens is 3. The number of para-hydroxylation sites is 1.